The van der Waals surface area contributed by atoms with E-state index in [0.717, 1.165) is 11.1 Å². The van der Waals surface area contributed by atoms with Crippen LogP contribution in [-0.4, -0.2) is 36.5 Å². The lowest BCUT2D eigenvalue weighted by atomic mass is 9.62. The van der Waals surface area contributed by atoms with E-state index in [1.54, 1.807) is 31.4 Å². The van der Waals surface area contributed by atoms with Crippen molar-refractivity contribution < 1.29 is 23.3 Å². The zero-order valence-electron chi connectivity index (χ0n) is 16.6. The van der Waals surface area contributed by atoms with Crippen molar-refractivity contribution in [1.29, 1.82) is 0 Å². The van der Waals surface area contributed by atoms with Crippen LogP contribution in [0.4, 0.5) is 0 Å². The van der Waals surface area contributed by atoms with Gasteiger partial charge in [-0.1, -0.05) is 59.6 Å². The van der Waals surface area contributed by atoms with Crippen molar-refractivity contribution in [3.05, 3.63) is 87.9 Å². The van der Waals surface area contributed by atoms with E-state index in [2.05, 4.69) is 0 Å². The van der Waals surface area contributed by atoms with E-state index in [4.69, 9.17) is 37.2 Å². The van der Waals surface area contributed by atoms with Crippen LogP contribution in [0.5, 0.6) is 11.5 Å². The minimum absolute atomic E-state index is 0.366. The van der Waals surface area contributed by atoms with Gasteiger partial charge in [0.2, 0.25) is 6.04 Å². The van der Waals surface area contributed by atoms with E-state index in [-0.39, 0.29) is 5.97 Å². The van der Waals surface area contributed by atoms with Gasteiger partial charge in [0, 0.05) is 22.5 Å². The largest absolute Gasteiger partial charge is 0.683 e. The first kappa shape index (κ1) is 20.0. The summed E-state index contributed by atoms with van der Waals surface area (Å²) in [6.07, 6.45) is 2.38. The van der Waals surface area contributed by atoms with Gasteiger partial charge in [0.1, 0.15) is 12.0 Å². The van der Waals surface area contributed by atoms with Crippen molar-refractivity contribution in [3.63, 3.8) is 0 Å². The number of carbonyl (C=O) groups is 1. The highest BCUT2D eigenvalue weighted by molar-refractivity contribution is 6.79. The van der Waals surface area contributed by atoms with Crippen LogP contribution in [-0.2, 0) is 15.9 Å². The smallest absolute Gasteiger partial charge is 0.618 e. The van der Waals surface area contributed by atoms with E-state index in [9.17, 15) is 4.79 Å². The molecule has 8 heteroatoms. The number of halogens is 2. The van der Waals surface area contributed by atoms with E-state index in [1.807, 2.05) is 53.2 Å². The summed E-state index contributed by atoms with van der Waals surface area (Å²) in [5, 5.41) is 0.852. The quantitative estimate of drug-likeness (QED) is 0.563. The predicted octanol–water partition coefficient (Wildman–Crippen LogP) is 3.84. The average molecular weight is 454 g/mol. The molecular weight excluding hydrogens is 436 g/mol. The number of nitrogens with zero attached hydrogens (tertiary/aromatic N) is 1. The van der Waals surface area contributed by atoms with Crippen molar-refractivity contribution in [3.8, 4) is 11.5 Å². The summed E-state index contributed by atoms with van der Waals surface area (Å²) in [7, 11) is 1.59. The first-order valence-electron chi connectivity index (χ1n) is 9.86. The summed E-state index contributed by atoms with van der Waals surface area (Å²) in [6.45, 7) is -2.41. The average Bonchev–Trinajstić information content (AvgIpc) is 3.03. The molecule has 156 valence electrons. The van der Waals surface area contributed by atoms with Crippen LogP contribution < -0.4 is 14.9 Å². The molecular formula is C23H18BCl2NO4. The number of hydrogen-bond donors (Lipinski definition) is 0. The topological polar surface area (TPSA) is 47.8 Å². The summed E-state index contributed by atoms with van der Waals surface area (Å²) < 4.78 is 19.6. The van der Waals surface area contributed by atoms with Crippen LogP contribution in [0.15, 0.2) is 66.7 Å². The fourth-order valence-electron chi connectivity index (χ4n) is 4.22. The number of hydrogen-bond acceptors (Lipinski definition) is 4. The Bertz CT molecular complexity index is 1220. The number of ether oxygens (including phenoxy) is 1. The maximum Gasteiger partial charge on any atom is 0.683 e. The van der Waals surface area contributed by atoms with Crippen LogP contribution in [0.3, 0.4) is 0 Å². The second-order valence-corrected chi connectivity index (χ2v) is 8.42. The Hall–Kier alpha value is -2.96. The summed E-state index contributed by atoms with van der Waals surface area (Å²) in [4.78, 5) is 13.1. The Kier molecular flexibility index (Phi) is 4.91. The molecule has 0 aromatic heterocycles. The number of carbonyl (C=O) groups excluding carboxylic acids is 1. The molecule has 2 heterocycles. The van der Waals surface area contributed by atoms with Crippen molar-refractivity contribution >= 4 is 47.5 Å². The molecule has 5 rings (SSSR count). The zero-order chi connectivity index (χ0) is 21.6. The standard InChI is InChI=1S/C23H18BCl2NO4/c1-29-18-9-7-16-14-27-21(11-15-5-3-2-4-6-15)23(28)31-24(27,30-22(16)13-18)19-10-8-17(25)12-20(19)26/h2-10,12-14,21H,11H2,1H3/t21-,24?/m0/s1. The number of methoxy groups -OCH3 is 1. The molecule has 0 radical (unpaired) electrons. The Morgan fingerprint density at radius 3 is 2.58 bits per heavy atom. The van der Waals surface area contributed by atoms with E-state index in [1.165, 1.54) is 0 Å². The van der Waals surface area contributed by atoms with Crippen molar-refractivity contribution in [2.45, 2.75) is 12.5 Å². The molecule has 0 spiro atoms. The summed E-state index contributed by atoms with van der Waals surface area (Å²) >= 11 is 12.7. The lowest BCUT2D eigenvalue weighted by molar-refractivity contribution is -0.432. The van der Waals surface area contributed by atoms with Gasteiger partial charge in [-0.05, 0) is 35.3 Å². The molecule has 5 nitrogen and oxygen atoms in total. The Morgan fingerprint density at radius 1 is 1.03 bits per heavy atom. The first-order valence-corrected chi connectivity index (χ1v) is 10.6. The number of rotatable bonds is 4. The normalized spacial score (nSPS) is 21.5. The molecule has 0 saturated carbocycles. The molecule has 0 bridgehead atoms. The van der Waals surface area contributed by atoms with Crippen molar-refractivity contribution in [2.24, 2.45) is 0 Å². The van der Waals surface area contributed by atoms with Gasteiger partial charge < -0.3 is 18.5 Å². The third-order valence-electron chi connectivity index (χ3n) is 5.72. The Labute approximate surface area is 189 Å². The van der Waals surface area contributed by atoms with Crippen LogP contribution in [0.25, 0.3) is 0 Å². The zero-order valence-corrected chi connectivity index (χ0v) is 18.1. The molecule has 1 fully saturated rings. The van der Waals surface area contributed by atoms with Crippen LogP contribution in [0, 0.1) is 0 Å². The van der Waals surface area contributed by atoms with Crippen LogP contribution in [0.2, 0.25) is 10.0 Å². The molecule has 2 atom stereocenters. The molecule has 2 aliphatic heterocycles. The Morgan fingerprint density at radius 2 is 1.84 bits per heavy atom. The predicted molar refractivity (Wildman–Crippen MR) is 121 cm³/mol. The van der Waals surface area contributed by atoms with Gasteiger partial charge in [0.25, 0.3) is 0 Å². The van der Waals surface area contributed by atoms with Crippen LogP contribution >= 0.6 is 23.2 Å². The van der Waals surface area contributed by atoms with Gasteiger partial charge in [0.05, 0.1) is 18.4 Å². The first-order chi connectivity index (χ1) is 15.0. The molecule has 2 aliphatic rings. The Balaban J connectivity index is 1.68. The van der Waals surface area contributed by atoms with Crippen molar-refractivity contribution in [1.82, 2.24) is 0 Å². The van der Waals surface area contributed by atoms with Gasteiger partial charge in [-0.2, -0.15) is 0 Å². The number of benzene rings is 3. The van der Waals surface area contributed by atoms with Crippen LogP contribution in [0.1, 0.15) is 11.1 Å². The molecule has 31 heavy (non-hydrogen) atoms. The second kappa shape index (κ2) is 7.63. The SMILES string of the molecule is COc1ccc2c(c1)O[B-]1(c3ccc(Cl)cc3Cl)OC(=O)[C@H](Cc3ccccc3)[N+]1=C2. The maximum absolute atomic E-state index is 13.1. The van der Waals surface area contributed by atoms with Gasteiger partial charge in [-0.15, -0.1) is 0 Å². The van der Waals surface area contributed by atoms with E-state index >= 15 is 0 Å². The maximum atomic E-state index is 13.1. The van der Waals surface area contributed by atoms with Gasteiger partial charge >= 0.3 is 12.7 Å². The lowest BCUT2D eigenvalue weighted by Crippen LogP contribution is -2.64. The third kappa shape index (κ3) is 3.36. The lowest BCUT2D eigenvalue weighted by Gasteiger charge is -2.36. The molecule has 0 aliphatic carbocycles. The summed E-state index contributed by atoms with van der Waals surface area (Å²) in [5.74, 6) is 0.819. The fraction of sp³-hybridized carbons (Fsp3) is 0.130. The second-order valence-electron chi connectivity index (χ2n) is 7.58. The van der Waals surface area contributed by atoms with E-state index < -0.39 is 12.7 Å². The van der Waals surface area contributed by atoms with Gasteiger partial charge in [-0.25, -0.2) is 4.79 Å². The minimum atomic E-state index is -2.41. The highest BCUT2D eigenvalue weighted by Gasteiger charge is 2.62. The highest BCUT2D eigenvalue weighted by atomic mass is 35.5. The van der Waals surface area contributed by atoms with E-state index in [0.29, 0.717) is 33.4 Å². The molecule has 3 aromatic carbocycles. The molecule has 3 aromatic rings. The highest BCUT2D eigenvalue weighted by Crippen LogP contribution is 2.35. The van der Waals surface area contributed by atoms with Gasteiger partial charge in [-0.3, -0.25) is 0 Å². The molecule has 0 N–H and O–H groups in total. The van der Waals surface area contributed by atoms with Gasteiger partial charge in [0.15, 0.2) is 0 Å². The fourth-order valence-corrected chi connectivity index (χ4v) is 4.77. The third-order valence-corrected chi connectivity index (χ3v) is 6.29. The summed E-state index contributed by atoms with van der Waals surface area (Å²) in [5.41, 5.74) is 2.40. The monoisotopic (exact) mass is 453 g/mol. The molecule has 1 unspecified atom stereocenters. The minimum Gasteiger partial charge on any atom is -0.618 e. The number of fused-ring (bicyclic) bond motifs is 2. The summed E-state index contributed by atoms with van der Waals surface area (Å²) in [6, 6.07) is 19.8. The molecule has 1 saturated heterocycles. The van der Waals surface area contributed by atoms with Crippen molar-refractivity contribution in [2.75, 3.05) is 7.11 Å². The molecule has 0 amide bonds.